The molecule has 0 atom stereocenters. The minimum Gasteiger partial charge on any atom is -0.343 e. The van der Waals surface area contributed by atoms with Gasteiger partial charge in [-0.05, 0) is 25.1 Å². The van der Waals surface area contributed by atoms with E-state index in [0.717, 1.165) is 5.56 Å². The minimum atomic E-state index is -0.144. The lowest BCUT2D eigenvalue weighted by molar-refractivity contribution is 0.0822. The smallest absolute Gasteiger partial charge is 0.271 e. The number of benzene rings is 1. The Bertz CT molecular complexity index is 663. The summed E-state index contributed by atoms with van der Waals surface area (Å²) in [6, 6.07) is 12.5. The van der Waals surface area contributed by atoms with Gasteiger partial charge in [-0.3, -0.25) is 9.59 Å². The number of amides is 1. The minimum absolute atomic E-state index is 0.00683. The Morgan fingerprint density at radius 3 is 2.40 bits per heavy atom. The van der Waals surface area contributed by atoms with E-state index in [4.69, 9.17) is 0 Å². The number of nitrogens with zero attached hydrogens (tertiary/aromatic N) is 2. The highest BCUT2D eigenvalue weighted by Crippen LogP contribution is 2.19. The normalized spacial score (nSPS) is 10.2. The number of aromatic nitrogens is 1. The van der Waals surface area contributed by atoms with Crippen molar-refractivity contribution in [2.24, 2.45) is 0 Å². The third-order valence-corrected chi connectivity index (χ3v) is 2.94. The monoisotopic (exact) mass is 268 g/mol. The maximum Gasteiger partial charge on any atom is 0.271 e. The summed E-state index contributed by atoms with van der Waals surface area (Å²) in [5, 5.41) is 0. The Morgan fingerprint density at radius 2 is 1.75 bits per heavy atom. The topological polar surface area (TPSA) is 50.3 Å². The van der Waals surface area contributed by atoms with Crippen LogP contribution in [0.25, 0.3) is 11.3 Å². The number of ketones is 1. The van der Waals surface area contributed by atoms with E-state index in [9.17, 15) is 9.59 Å². The van der Waals surface area contributed by atoms with Gasteiger partial charge < -0.3 is 4.90 Å². The Balaban J connectivity index is 2.43. The number of hydrogen-bond acceptors (Lipinski definition) is 3. The van der Waals surface area contributed by atoms with Gasteiger partial charge in [0, 0.05) is 25.2 Å². The molecule has 1 heterocycles. The molecule has 20 heavy (non-hydrogen) atoms. The SMILES string of the molecule is CC(=O)c1cccc(-c2cccc(C(=O)N(C)C)n2)c1. The first-order valence-corrected chi connectivity index (χ1v) is 6.29. The van der Waals surface area contributed by atoms with Gasteiger partial charge in [0.25, 0.3) is 5.91 Å². The second-order valence-corrected chi connectivity index (χ2v) is 4.74. The first-order chi connectivity index (χ1) is 9.49. The van der Waals surface area contributed by atoms with Crippen LogP contribution < -0.4 is 0 Å². The predicted octanol–water partition coefficient (Wildman–Crippen LogP) is 2.65. The molecule has 0 spiro atoms. The molecular weight excluding hydrogens is 252 g/mol. The van der Waals surface area contributed by atoms with Crippen LogP contribution in [0.4, 0.5) is 0 Å². The number of carbonyl (C=O) groups excluding carboxylic acids is 2. The van der Waals surface area contributed by atoms with Gasteiger partial charge in [-0.25, -0.2) is 4.98 Å². The van der Waals surface area contributed by atoms with E-state index in [1.165, 1.54) is 11.8 Å². The van der Waals surface area contributed by atoms with Gasteiger partial charge in [0.15, 0.2) is 5.78 Å². The van der Waals surface area contributed by atoms with Crippen molar-refractivity contribution < 1.29 is 9.59 Å². The van der Waals surface area contributed by atoms with Crippen molar-refractivity contribution in [3.05, 3.63) is 53.7 Å². The van der Waals surface area contributed by atoms with Gasteiger partial charge in [0.1, 0.15) is 5.69 Å². The lowest BCUT2D eigenvalue weighted by Crippen LogP contribution is -2.22. The fourth-order valence-electron chi connectivity index (χ4n) is 1.84. The van der Waals surface area contributed by atoms with Gasteiger partial charge in [0.2, 0.25) is 0 Å². The number of hydrogen-bond donors (Lipinski definition) is 0. The zero-order valence-electron chi connectivity index (χ0n) is 11.8. The molecule has 0 saturated heterocycles. The van der Waals surface area contributed by atoms with Crippen LogP contribution in [0.5, 0.6) is 0 Å². The average molecular weight is 268 g/mol. The van der Waals surface area contributed by atoms with Crippen molar-refractivity contribution in [2.75, 3.05) is 14.1 Å². The second kappa shape index (κ2) is 5.65. The zero-order valence-corrected chi connectivity index (χ0v) is 11.8. The van der Waals surface area contributed by atoms with Gasteiger partial charge in [-0.1, -0.05) is 24.3 Å². The molecule has 0 aliphatic heterocycles. The summed E-state index contributed by atoms with van der Waals surface area (Å²) in [6.45, 7) is 1.53. The van der Waals surface area contributed by atoms with Crippen molar-refractivity contribution in [1.82, 2.24) is 9.88 Å². The first kappa shape index (κ1) is 13.9. The van der Waals surface area contributed by atoms with Gasteiger partial charge in [0.05, 0.1) is 5.69 Å². The van der Waals surface area contributed by atoms with Crippen molar-refractivity contribution in [2.45, 2.75) is 6.92 Å². The highest BCUT2D eigenvalue weighted by molar-refractivity contribution is 5.95. The third-order valence-electron chi connectivity index (χ3n) is 2.94. The lowest BCUT2D eigenvalue weighted by atomic mass is 10.1. The van der Waals surface area contributed by atoms with Crippen molar-refractivity contribution in [1.29, 1.82) is 0 Å². The van der Waals surface area contributed by atoms with E-state index in [1.54, 1.807) is 38.4 Å². The molecule has 0 aliphatic carbocycles. The molecule has 1 aromatic carbocycles. The highest BCUT2D eigenvalue weighted by Gasteiger charge is 2.11. The Labute approximate surface area is 118 Å². The zero-order chi connectivity index (χ0) is 14.7. The van der Waals surface area contributed by atoms with Crippen molar-refractivity contribution in [3.8, 4) is 11.3 Å². The van der Waals surface area contributed by atoms with Crippen LogP contribution in [0.15, 0.2) is 42.5 Å². The van der Waals surface area contributed by atoms with Crippen molar-refractivity contribution >= 4 is 11.7 Å². The Morgan fingerprint density at radius 1 is 1.05 bits per heavy atom. The molecule has 2 rings (SSSR count). The molecule has 1 aromatic heterocycles. The molecule has 102 valence electrons. The molecule has 0 N–H and O–H groups in total. The maximum absolute atomic E-state index is 11.9. The number of Topliss-reactive ketones (excluding diaryl/α,β-unsaturated/α-hetero) is 1. The molecule has 1 amide bonds. The molecule has 0 aliphatic rings. The van der Waals surface area contributed by atoms with Crippen LogP contribution in [0.1, 0.15) is 27.8 Å². The summed E-state index contributed by atoms with van der Waals surface area (Å²) < 4.78 is 0. The standard InChI is InChI=1S/C16H16N2O2/c1-11(19)12-6-4-7-13(10-12)14-8-5-9-15(17-14)16(20)18(2)3/h4-10H,1-3H3. The fraction of sp³-hybridized carbons (Fsp3) is 0.188. The van der Waals surface area contributed by atoms with E-state index in [1.807, 2.05) is 18.2 Å². The van der Waals surface area contributed by atoms with Crippen LogP contribution in [0.2, 0.25) is 0 Å². The van der Waals surface area contributed by atoms with Crippen molar-refractivity contribution in [3.63, 3.8) is 0 Å². The second-order valence-electron chi connectivity index (χ2n) is 4.74. The molecular formula is C16H16N2O2. The molecule has 0 fully saturated rings. The summed E-state index contributed by atoms with van der Waals surface area (Å²) >= 11 is 0. The van der Waals surface area contributed by atoms with Crippen LogP contribution >= 0.6 is 0 Å². The molecule has 0 unspecified atom stereocenters. The number of pyridine rings is 1. The molecule has 4 nitrogen and oxygen atoms in total. The molecule has 4 heteroatoms. The highest BCUT2D eigenvalue weighted by atomic mass is 16.2. The number of rotatable bonds is 3. The largest absolute Gasteiger partial charge is 0.343 e. The van der Waals surface area contributed by atoms with Crippen LogP contribution in [0.3, 0.4) is 0 Å². The summed E-state index contributed by atoms with van der Waals surface area (Å²) in [6.07, 6.45) is 0. The molecule has 0 bridgehead atoms. The molecule has 2 aromatic rings. The summed E-state index contributed by atoms with van der Waals surface area (Å²) in [4.78, 5) is 29.2. The summed E-state index contributed by atoms with van der Waals surface area (Å²) in [7, 11) is 3.38. The average Bonchev–Trinajstić information content (AvgIpc) is 2.46. The summed E-state index contributed by atoms with van der Waals surface area (Å²) in [5.74, 6) is -0.137. The lowest BCUT2D eigenvalue weighted by Gasteiger charge is -2.10. The first-order valence-electron chi connectivity index (χ1n) is 6.29. The van der Waals surface area contributed by atoms with Gasteiger partial charge in [-0.15, -0.1) is 0 Å². The Kier molecular flexibility index (Phi) is 3.94. The van der Waals surface area contributed by atoms with Crippen LogP contribution in [0, 0.1) is 0 Å². The van der Waals surface area contributed by atoms with Crippen LogP contribution in [-0.4, -0.2) is 35.7 Å². The maximum atomic E-state index is 11.9. The van der Waals surface area contributed by atoms with E-state index in [0.29, 0.717) is 17.0 Å². The summed E-state index contributed by atoms with van der Waals surface area (Å²) in [5.41, 5.74) is 2.53. The Hall–Kier alpha value is -2.49. The van der Waals surface area contributed by atoms with E-state index >= 15 is 0 Å². The third kappa shape index (κ3) is 2.91. The van der Waals surface area contributed by atoms with Crippen LogP contribution in [-0.2, 0) is 0 Å². The van der Waals surface area contributed by atoms with Gasteiger partial charge in [-0.2, -0.15) is 0 Å². The number of carbonyl (C=O) groups is 2. The van der Waals surface area contributed by atoms with E-state index < -0.39 is 0 Å². The van der Waals surface area contributed by atoms with E-state index in [-0.39, 0.29) is 11.7 Å². The molecule has 0 saturated carbocycles. The molecule has 0 radical (unpaired) electrons. The van der Waals surface area contributed by atoms with E-state index in [2.05, 4.69) is 4.98 Å². The van der Waals surface area contributed by atoms with Gasteiger partial charge >= 0.3 is 0 Å². The predicted molar refractivity (Wildman–Crippen MR) is 77.7 cm³/mol. The fourth-order valence-corrected chi connectivity index (χ4v) is 1.84. The quantitative estimate of drug-likeness (QED) is 0.804.